The minimum absolute atomic E-state index is 0.00531. The van der Waals surface area contributed by atoms with E-state index < -0.39 is 17.1 Å². The van der Waals surface area contributed by atoms with Crippen LogP contribution in [0.5, 0.6) is 0 Å². The van der Waals surface area contributed by atoms with Gasteiger partial charge in [-0.2, -0.15) is 0 Å². The second-order valence-corrected chi connectivity index (χ2v) is 19.6. The summed E-state index contributed by atoms with van der Waals surface area (Å²) in [6.07, 6.45) is 8.67. The molecule has 0 radical (unpaired) electrons. The number of rotatable bonds is 7. The van der Waals surface area contributed by atoms with Crippen molar-refractivity contribution in [2.45, 2.75) is 152 Å². The number of esters is 1. The minimum Gasteiger partial charge on any atom is -0.467 e. The number of fused-ring (bicyclic) bond motifs is 7. The minimum atomic E-state index is -0.918. The highest BCUT2D eigenvalue weighted by Crippen LogP contribution is 2.76. The molecule has 0 aliphatic heterocycles. The van der Waals surface area contributed by atoms with Gasteiger partial charge in [-0.3, -0.25) is 19.3 Å². The van der Waals surface area contributed by atoms with Crippen molar-refractivity contribution in [1.29, 1.82) is 0 Å². The smallest absolute Gasteiger partial charge is 0.411 e. The average molecular weight is 706 g/mol. The molecule has 282 valence electrons. The molecule has 4 fully saturated rings. The Morgan fingerprint density at radius 3 is 2.25 bits per heavy atom. The van der Waals surface area contributed by atoms with E-state index in [2.05, 4.69) is 48.5 Å². The highest BCUT2D eigenvalue weighted by Gasteiger charge is 2.71. The van der Waals surface area contributed by atoms with Crippen molar-refractivity contribution in [2.24, 2.45) is 50.7 Å². The fourth-order valence-corrected chi connectivity index (χ4v) is 12.8. The lowest BCUT2D eigenvalue weighted by Gasteiger charge is -2.72. The molecule has 1 amide bonds. The van der Waals surface area contributed by atoms with Crippen LogP contribution in [0.1, 0.15) is 140 Å². The average Bonchev–Trinajstić information content (AvgIpc) is 3.63. The molecule has 51 heavy (non-hydrogen) atoms. The van der Waals surface area contributed by atoms with Gasteiger partial charge in [-0.15, -0.1) is 0 Å². The number of ether oxygens (including phenoxy) is 2. The zero-order valence-corrected chi connectivity index (χ0v) is 33.2. The Balaban J connectivity index is 1.36. The molecule has 5 aliphatic rings. The zero-order chi connectivity index (χ0) is 37.5. The van der Waals surface area contributed by atoms with Crippen molar-refractivity contribution in [1.82, 2.24) is 4.90 Å². The maximum atomic E-state index is 15.0. The second kappa shape index (κ2) is 12.6. The summed E-state index contributed by atoms with van der Waals surface area (Å²) >= 11 is 0. The number of hydrogen-bond acceptors (Lipinski definition) is 7. The summed E-state index contributed by atoms with van der Waals surface area (Å²) in [5.41, 5.74) is 0.211. The number of Topliss-reactive ketones (excluding diaryl/α,β-unsaturated/α-hetero) is 2. The molecule has 1 aromatic heterocycles. The van der Waals surface area contributed by atoms with E-state index in [0.717, 1.165) is 56.1 Å². The third-order valence-corrected chi connectivity index (χ3v) is 15.1. The molecule has 8 nitrogen and oxygen atoms in total. The Labute approximate surface area is 305 Å². The Kier molecular flexibility index (Phi) is 9.36. The van der Waals surface area contributed by atoms with E-state index in [-0.39, 0.29) is 76.6 Å². The van der Waals surface area contributed by atoms with Gasteiger partial charge in [0.1, 0.15) is 17.5 Å². The van der Waals surface area contributed by atoms with Crippen LogP contribution < -0.4 is 0 Å². The van der Waals surface area contributed by atoms with E-state index in [9.17, 15) is 19.2 Å². The number of furan rings is 1. The van der Waals surface area contributed by atoms with Crippen molar-refractivity contribution in [3.63, 3.8) is 0 Å². The first-order valence-corrected chi connectivity index (χ1v) is 19.6. The molecule has 0 saturated heterocycles. The summed E-state index contributed by atoms with van der Waals surface area (Å²) in [5, 5.41) is 0. The number of allylic oxidation sites excluding steroid dienone is 2. The number of carbonyl (C=O) groups is 4. The van der Waals surface area contributed by atoms with Gasteiger partial charge in [0.2, 0.25) is 0 Å². The molecule has 0 N–H and O–H groups in total. The van der Waals surface area contributed by atoms with E-state index in [0.29, 0.717) is 24.0 Å². The number of amides is 1. The van der Waals surface area contributed by atoms with Crippen LogP contribution in [0.3, 0.4) is 0 Å². The largest absolute Gasteiger partial charge is 0.467 e. The molecule has 1 heterocycles. The summed E-state index contributed by atoms with van der Waals surface area (Å²) in [7, 11) is 0. The number of hydrogen-bond donors (Lipinski definition) is 0. The molecular formula is C43H63NO7. The molecule has 8 atom stereocenters. The van der Waals surface area contributed by atoms with Crippen LogP contribution in [-0.2, 0) is 30.4 Å². The van der Waals surface area contributed by atoms with E-state index in [1.54, 1.807) is 18.4 Å². The van der Waals surface area contributed by atoms with Gasteiger partial charge in [-0.25, -0.2) is 4.79 Å². The molecule has 4 saturated carbocycles. The highest BCUT2D eigenvalue weighted by atomic mass is 16.6. The SMILES string of the molecule is CC(=O)O[C@H]1CC[C@]2(C)[C@H]3CC[C@@H]4C5=C(C(C)C)C(=O)C[C@]5(C(=O)CN(Cc5ccco5)C(=O)OC(C)(C)C)CC[C@@]4(C)[C@]3(C)CC[C@H]2C1(C)C. The fraction of sp³-hybridized carbons (Fsp3) is 0.767. The Hall–Kier alpha value is -2.90. The van der Waals surface area contributed by atoms with Gasteiger partial charge in [0, 0.05) is 18.8 Å². The van der Waals surface area contributed by atoms with E-state index in [1.807, 2.05) is 20.8 Å². The van der Waals surface area contributed by atoms with Gasteiger partial charge in [0.15, 0.2) is 11.6 Å². The van der Waals surface area contributed by atoms with Gasteiger partial charge >= 0.3 is 12.1 Å². The molecule has 0 spiro atoms. The number of nitrogens with zero attached hydrogens (tertiary/aromatic N) is 1. The maximum Gasteiger partial charge on any atom is 0.411 e. The standard InChI is InChI=1S/C43H63NO7/c1-26(2)35-30(46)23-43(33(47)25-44(24-28-13-12-22-49-28)37(48)51-38(4,5)6)21-20-41(10)29(36(35)43)14-15-32-40(9)18-17-34(50-27(3)45)39(7,8)31(40)16-19-42(32,41)11/h12-13,22,26,29,31-32,34H,14-21,23-25H2,1-11H3/t29-,31+,32-,34+,40+,41-,42-,43+/m1/s1. The fourth-order valence-electron chi connectivity index (χ4n) is 12.8. The molecular weight excluding hydrogens is 642 g/mol. The first-order chi connectivity index (χ1) is 23.6. The van der Waals surface area contributed by atoms with Gasteiger partial charge in [-0.1, -0.05) is 48.5 Å². The third-order valence-electron chi connectivity index (χ3n) is 15.1. The molecule has 0 bridgehead atoms. The lowest BCUT2D eigenvalue weighted by atomic mass is 9.33. The Morgan fingerprint density at radius 1 is 0.941 bits per heavy atom. The molecule has 0 aromatic carbocycles. The van der Waals surface area contributed by atoms with Crippen LogP contribution in [-0.4, -0.2) is 46.8 Å². The normalized spacial score (nSPS) is 37.2. The molecule has 8 heteroatoms. The van der Waals surface area contributed by atoms with E-state index in [1.165, 1.54) is 11.8 Å². The summed E-state index contributed by atoms with van der Waals surface area (Å²) in [4.78, 5) is 56.3. The van der Waals surface area contributed by atoms with Crippen molar-refractivity contribution in [2.75, 3.05) is 6.54 Å². The van der Waals surface area contributed by atoms with Crippen molar-refractivity contribution in [3.8, 4) is 0 Å². The highest BCUT2D eigenvalue weighted by molar-refractivity contribution is 6.08. The van der Waals surface area contributed by atoms with Crippen molar-refractivity contribution < 1.29 is 33.1 Å². The topological polar surface area (TPSA) is 103 Å². The Bertz CT molecular complexity index is 1600. The van der Waals surface area contributed by atoms with Crippen LogP contribution >= 0.6 is 0 Å². The van der Waals surface area contributed by atoms with Crippen LogP contribution in [0.4, 0.5) is 4.79 Å². The molecule has 1 aromatic rings. The van der Waals surface area contributed by atoms with Gasteiger partial charge in [-0.05, 0) is 135 Å². The van der Waals surface area contributed by atoms with E-state index in [4.69, 9.17) is 13.9 Å². The van der Waals surface area contributed by atoms with Gasteiger partial charge in [0.25, 0.3) is 0 Å². The second-order valence-electron chi connectivity index (χ2n) is 19.6. The zero-order valence-electron chi connectivity index (χ0n) is 33.2. The Morgan fingerprint density at radius 2 is 1.65 bits per heavy atom. The predicted molar refractivity (Wildman–Crippen MR) is 195 cm³/mol. The van der Waals surface area contributed by atoms with Crippen molar-refractivity contribution in [3.05, 3.63) is 35.3 Å². The molecule has 0 unspecified atom stereocenters. The van der Waals surface area contributed by atoms with Crippen LogP contribution in [0.2, 0.25) is 0 Å². The summed E-state index contributed by atoms with van der Waals surface area (Å²) < 4.78 is 17.3. The monoisotopic (exact) mass is 705 g/mol. The summed E-state index contributed by atoms with van der Waals surface area (Å²) in [6.45, 7) is 23.3. The maximum absolute atomic E-state index is 15.0. The number of carbonyl (C=O) groups excluding carboxylic acids is 4. The predicted octanol–water partition coefficient (Wildman–Crippen LogP) is 9.50. The van der Waals surface area contributed by atoms with Crippen LogP contribution in [0.25, 0.3) is 0 Å². The third kappa shape index (κ3) is 5.93. The van der Waals surface area contributed by atoms with Crippen LogP contribution in [0, 0.1) is 50.7 Å². The lowest BCUT2D eigenvalue weighted by Crippen LogP contribution is -2.66. The van der Waals surface area contributed by atoms with E-state index >= 15 is 0 Å². The molecule has 5 aliphatic carbocycles. The van der Waals surface area contributed by atoms with Gasteiger partial charge < -0.3 is 13.9 Å². The lowest BCUT2D eigenvalue weighted by molar-refractivity contribution is -0.232. The number of ketones is 2. The molecule has 6 rings (SSSR count). The quantitative estimate of drug-likeness (QED) is 0.260. The summed E-state index contributed by atoms with van der Waals surface area (Å²) in [5.74, 6) is 1.47. The first kappa shape index (κ1) is 37.8. The summed E-state index contributed by atoms with van der Waals surface area (Å²) in [6, 6.07) is 3.57. The first-order valence-electron chi connectivity index (χ1n) is 19.6. The van der Waals surface area contributed by atoms with Crippen LogP contribution in [0.15, 0.2) is 34.0 Å². The van der Waals surface area contributed by atoms with Crippen molar-refractivity contribution >= 4 is 23.6 Å². The van der Waals surface area contributed by atoms with Gasteiger partial charge in [0.05, 0.1) is 24.8 Å².